The number of carboxylic acids is 1. The lowest BCUT2D eigenvalue weighted by Crippen LogP contribution is -1.99. The third-order valence-corrected chi connectivity index (χ3v) is 6.01. The second-order valence-electron chi connectivity index (χ2n) is 7.72. The molecule has 0 atom stereocenters. The predicted molar refractivity (Wildman–Crippen MR) is 137 cm³/mol. The Kier molecular flexibility index (Phi) is 5.68. The van der Waals surface area contributed by atoms with Crippen molar-refractivity contribution in [1.82, 2.24) is 0 Å². The molecule has 0 fully saturated rings. The molecular formula is C29H19BrO3. The van der Waals surface area contributed by atoms with Crippen molar-refractivity contribution in [2.45, 2.75) is 0 Å². The number of fused-ring (bicyclic) bond motifs is 1. The van der Waals surface area contributed by atoms with Gasteiger partial charge >= 0.3 is 5.97 Å². The molecule has 1 N–H and O–H groups in total. The molecule has 0 bridgehead atoms. The number of hydrogen-bond donors (Lipinski definition) is 1. The maximum atomic E-state index is 11.5. The monoisotopic (exact) mass is 494 g/mol. The molecule has 0 spiro atoms. The zero-order valence-electron chi connectivity index (χ0n) is 17.5. The van der Waals surface area contributed by atoms with E-state index in [9.17, 15) is 9.90 Å². The maximum Gasteiger partial charge on any atom is 0.336 e. The maximum absolute atomic E-state index is 11.5. The van der Waals surface area contributed by atoms with Gasteiger partial charge in [-0.2, -0.15) is 0 Å². The van der Waals surface area contributed by atoms with Gasteiger partial charge in [0.1, 0.15) is 11.3 Å². The fourth-order valence-corrected chi connectivity index (χ4v) is 4.16. The normalized spacial score (nSPS) is 11.3. The minimum atomic E-state index is -0.952. The molecule has 0 amide bonds. The topological polar surface area (TPSA) is 50.4 Å². The van der Waals surface area contributed by atoms with Gasteiger partial charge < -0.3 is 9.52 Å². The Morgan fingerprint density at radius 1 is 0.758 bits per heavy atom. The summed E-state index contributed by atoms with van der Waals surface area (Å²) in [6, 6.07) is 31.8. The van der Waals surface area contributed by atoms with E-state index in [-0.39, 0.29) is 5.56 Å². The van der Waals surface area contributed by atoms with E-state index >= 15 is 0 Å². The summed E-state index contributed by atoms with van der Waals surface area (Å²) in [5.74, 6) is -0.140. The molecule has 0 unspecified atom stereocenters. The molecule has 5 aromatic rings. The molecule has 1 aromatic heterocycles. The first kappa shape index (κ1) is 21.0. The molecule has 4 heteroatoms. The van der Waals surface area contributed by atoms with Crippen LogP contribution in [0.5, 0.6) is 0 Å². The van der Waals surface area contributed by atoms with E-state index in [4.69, 9.17) is 4.42 Å². The Morgan fingerprint density at radius 2 is 1.52 bits per heavy atom. The first-order valence-corrected chi connectivity index (χ1v) is 11.3. The molecule has 160 valence electrons. The van der Waals surface area contributed by atoms with Gasteiger partial charge in [-0.25, -0.2) is 4.79 Å². The standard InChI is InChI=1S/C29H19BrO3/c30-25-14-12-21(26(18-25)29(31)32)9-6-19-7-10-22(11-8-19)28-17-24-16-23(13-15-27(24)33-28)20-4-2-1-3-5-20/h1-18H,(H,31,32)/b9-6+. The highest BCUT2D eigenvalue weighted by Gasteiger charge is 2.09. The first-order chi connectivity index (χ1) is 16.1. The Morgan fingerprint density at radius 3 is 2.27 bits per heavy atom. The smallest absolute Gasteiger partial charge is 0.336 e. The van der Waals surface area contributed by atoms with Crippen LogP contribution in [0, 0.1) is 0 Å². The van der Waals surface area contributed by atoms with Crippen molar-refractivity contribution in [1.29, 1.82) is 0 Å². The molecular weight excluding hydrogens is 476 g/mol. The molecule has 0 saturated carbocycles. The van der Waals surface area contributed by atoms with E-state index in [1.54, 1.807) is 12.1 Å². The van der Waals surface area contributed by atoms with E-state index in [0.29, 0.717) is 5.56 Å². The minimum Gasteiger partial charge on any atom is -0.478 e. The molecule has 1 heterocycles. The predicted octanol–water partition coefficient (Wildman–Crippen LogP) is 8.40. The van der Waals surface area contributed by atoms with Gasteiger partial charge in [0.05, 0.1) is 5.56 Å². The average molecular weight is 495 g/mol. The van der Waals surface area contributed by atoms with Gasteiger partial charge in [0.25, 0.3) is 0 Å². The number of aromatic carboxylic acids is 1. The van der Waals surface area contributed by atoms with E-state index in [2.05, 4.69) is 46.3 Å². The van der Waals surface area contributed by atoms with Crippen LogP contribution in [-0.4, -0.2) is 11.1 Å². The summed E-state index contributed by atoms with van der Waals surface area (Å²) in [5, 5.41) is 10.5. The van der Waals surface area contributed by atoms with Gasteiger partial charge in [0.15, 0.2) is 0 Å². The summed E-state index contributed by atoms with van der Waals surface area (Å²) in [6.07, 6.45) is 3.72. The molecule has 0 aliphatic carbocycles. The molecule has 4 aromatic carbocycles. The third kappa shape index (κ3) is 4.52. The highest BCUT2D eigenvalue weighted by atomic mass is 79.9. The summed E-state index contributed by atoms with van der Waals surface area (Å²) in [4.78, 5) is 11.5. The van der Waals surface area contributed by atoms with Crippen LogP contribution >= 0.6 is 15.9 Å². The second kappa shape index (κ2) is 8.93. The summed E-state index contributed by atoms with van der Waals surface area (Å²) in [5.41, 5.74) is 6.06. The summed E-state index contributed by atoms with van der Waals surface area (Å²) >= 11 is 3.32. The van der Waals surface area contributed by atoms with Gasteiger partial charge in [-0.1, -0.05) is 94.8 Å². The van der Waals surface area contributed by atoms with Gasteiger partial charge in [0, 0.05) is 15.4 Å². The molecule has 3 nitrogen and oxygen atoms in total. The summed E-state index contributed by atoms with van der Waals surface area (Å²) < 4.78 is 6.82. The fraction of sp³-hybridized carbons (Fsp3) is 0. The van der Waals surface area contributed by atoms with Crippen molar-refractivity contribution in [3.63, 3.8) is 0 Å². The van der Waals surface area contributed by atoms with Crippen LogP contribution in [0.15, 0.2) is 106 Å². The largest absolute Gasteiger partial charge is 0.478 e. The number of hydrogen-bond acceptors (Lipinski definition) is 2. The number of carboxylic acid groups (broad SMARTS) is 1. The van der Waals surface area contributed by atoms with Gasteiger partial charge in [-0.15, -0.1) is 0 Å². The lowest BCUT2D eigenvalue weighted by Gasteiger charge is -2.02. The van der Waals surface area contributed by atoms with E-state index < -0.39 is 5.97 Å². The van der Waals surface area contributed by atoms with Crippen molar-refractivity contribution in [3.8, 4) is 22.5 Å². The molecule has 33 heavy (non-hydrogen) atoms. The summed E-state index contributed by atoms with van der Waals surface area (Å²) in [6.45, 7) is 0. The Hall–Kier alpha value is -3.89. The fourth-order valence-electron chi connectivity index (χ4n) is 3.80. The number of halogens is 1. The number of furan rings is 1. The van der Waals surface area contributed by atoms with Crippen LogP contribution in [0.2, 0.25) is 0 Å². The Bertz CT molecular complexity index is 1480. The highest BCUT2D eigenvalue weighted by Crippen LogP contribution is 2.31. The zero-order valence-corrected chi connectivity index (χ0v) is 19.1. The molecule has 0 radical (unpaired) electrons. The van der Waals surface area contributed by atoms with E-state index in [1.165, 1.54) is 5.56 Å². The SMILES string of the molecule is O=C(O)c1cc(Br)ccc1/C=C/c1ccc(-c2cc3cc(-c4ccccc4)ccc3o2)cc1. The van der Waals surface area contributed by atoms with Gasteiger partial charge in [-0.3, -0.25) is 0 Å². The van der Waals surface area contributed by atoms with Crippen LogP contribution < -0.4 is 0 Å². The van der Waals surface area contributed by atoms with Gasteiger partial charge in [-0.05, 0) is 52.6 Å². The summed E-state index contributed by atoms with van der Waals surface area (Å²) in [7, 11) is 0. The van der Waals surface area contributed by atoms with Crippen molar-refractivity contribution in [2.75, 3.05) is 0 Å². The van der Waals surface area contributed by atoms with Crippen LogP contribution in [0.1, 0.15) is 21.5 Å². The quantitative estimate of drug-likeness (QED) is 0.249. The second-order valence-corrected chi connectivity index (χ2v) is 8.64. The van der Waals surface area contributed by atoms with E-state index in [1.807, 2.05) is 66.7 Å². The van der Waals surface area contributed by atoms with Crippen molar-refractivity contribution in [3.05, 3.63) is 118 Å². The number of rotatable bonds is 5. The lowest BCUT2D eigenvalue weighted by atomic mass is 10.0. The van der Waals surface area contributed by atoms with Crippen LogP contribution in [-0.2, 0) is 0 Å². The van der Waals surface area contributed by atoms with Crippen molar-refractivity contribution < 1.29 is 14.3 Å². The lowest BCUT2D eigenvalue weighted by molar-refractivity contribution is 0.0696. The van der Waals surface area contributed by atoms with E-state index in [0.717, 1.165) is 37.9 Å². The van der Waals surface area contributed by atoms with Crippen LogP contribution in [0.3, 0.4) is 0 Å². The van der Waals surface area contributed by atoms with Crippen molar-refractivity contribution in [2.24, 2.45) is 0 Å². The number of carbonyl (C=O) groups is 1. The molecule has 5 rings (SSSR count). The Labute approximate surface area is 199 Å². The molecule has 0 aliphatic rings. The highest BCUT2D eigenvalue weighted by molar-refractivity contribution is 9.10. The van der Waals surface area contributed by atoms with Crippen LogP contribution in [0.25, 0.3) is 45.6 Å². The molecule has 0 aliphatic heterocycles. The zero-order chi connectivity index (χ0) is 22.8. The van der Waals surface area contributed by atoms with Crippen molar-refractivity contribution >= 4 is 45.0 Å². The minimum absolute atomic E-state index is 0.259. The average Bonchev–Trinajstić information content (AvgIpc) is 3.27. The van der Waals surface area contributed by atoms with Gasteiger partial charge in [0.2, 0.25) is 0 Å². The number of benzene rings is 4. The Balaban J connectivity index is 1.39. The molecule has 0 saturated heterocycles. The first-order valence-electron chi connectivity index (χ1n) is 10.5. The third-order valence-electron chi connectivity index (χ3n) is 5.52. The van der Waals surface area contributed by atoms with Crippen LogP contribution in [0.4, 0.5) is 0 Å².